The van der Waals surface area contributed by atoms with Gasteiger partial charge < -0.3 is 19.3 Å². The van der Waals surface area contributed by atoms with Crippen molar-refractivity contribution >= 4 is 17.3 Å². The van der Waals surface area contributed by atoms with Crippen molar-refractivity contribution in [2.24, 2.45) is 5.92 Å². The zero-order valence-corrected chi connectivity index (χ0v) is 19.5. The molecular weight excluding hydrogens is 428 g/mol. The van der Waals surface area contributed by atoms with Crippen molar-refractivity contribution in [1.29, 1.82) is 0 Å². The van der Waals surface area contributed by atoms with Crippen molar-refractivity contribution in [2.45, 2.75) is 38.6 Å². The number of ether oxygens (including phenoxy) is 2. The fraction of sp³-hybridized carbons (Fsp3) is 0.407. The van der Waals surface area contributed by atoms with Crippen LogP contribution in [0.5, 0.6) is 11.5 Å². The second kappa shape index (κ2) is 8.80. The van der Waals surface area contributed by atoms with E-state index >= 15 is 0 Å². The number of aromatic nitrogens is 2. The van der Waals surface area contributed by atoms with Gasteiger partial charge in [0.25, 0.3) is 0 Å². The zero-order chi connectivity index (χ0) is 23.1. The molecule has 1 saturated carbocycles. The van der Waals surface area contributed by atoms with Crippen molar-refractivity contribution < 1.29 is 14.3 Å². The molecule has 1 aromatic heterocycles. The molecule has 3 aliphatic rings. The van der Waals surface area contributed by atoms with E-state index in [4.69, 9.17) is 14.6 Å². The van der Waals surface area contributed by atoms with Crippen LogP contribution in [0.3, 0.4) is 0 Å². The van der Waals surface area contributed by atoms with Gasteiger partial charge in [0.2, 0.25) is 5.91 Å². The van der Waals surface area contributed by atoms with E-state index in [0.717, 1.165) is 86.1 Å². The summed E-state index contributed by atoms with van der Waals surface area (Å²) in [6.45, 7) is 5.33. The molecule has 176 valence electrons. The SMILES string of the molecule is CC1CCc2c(ccc(-n3cc(N4CCOCC4)cn3)c2Oc2ccccc2)N1C(=O)C1CC1. The quantitative estimate of drug-likeness (QED) is 0.560. The Bertz CT molecular complexity index is 1180. The molecule has 2 fully saturated rings. The van der Waals surface area contributed by atoms with Crippen LogP contribution in [-0.2, 0) is 16.0 Å². The van der Waals surface area contributed by atoms with E-state index in [9.17, 15) is 4.79 Å². The first-order chi connectivity index (χ1) is 16.7. The molecule has 7 heteroatoms. The van der Waals surface area contributed by atoms with Crippen LogP contribution in [0.4, 0.5) is 11.4 Å². The molecule has 1 unspecified atom stereocenters. The molecule has 1 saturated heterocycles. The van der Waals surface area contributed by atoms with Crippen LogP contribution in [0, 0.1) is 5.92 Å². The van der Waals surface area contributed by atoms with Gasteiger partial charge in [0.15, 0.2) is 5.75 Å². The number of carbonyl (C=O) groups excluding carboxylic acids is 1. The van der Waals surface area contributed by atoms with Crippen LogP contribution < -0.4 is 14.5 Å². The summed E-state index contributed by atoms with van der Waals surface area (Å²) in [6.07, 6.45) is 7.74. The number of morpholine rings is 1. The summed E-state index contributed by atoms with van der Waals surface area (Å²) in [6, 6.07) is 14.2. The van der Waals surface area contributed by atoms with E-state index < -0.39 is 0 Å². The van der Waals surface area contributed by atoms with Gasteiger partial charge in [-0.2, -0.15) is 5.10 Å². The summed E-state index contributed by atoms with van der Waals surface area (Å²) in [7, 11) is 0. The van der Waals surface area contributed by atoms with Crippen molar-refractivity contribution in [3.8, 4) is 17.2 Å². The molecule has 34 heavy (non-hydrogen) atoms. The Morgan fingerprint density at radius 2 is 1.79 bits per heavy atom. The van der Waals surface area contributed by atoms with Gasteiger partial charge >= 0.3 is 0 Å². The van der Waals surface area contributed by atoms with E-state index in [1.165, 1.54) is 0 Å². The molecule has 6 rings (SSSR count). The van der Waals surface area contributed by atoms with Crippen LogP contribution in [0.2, 0.25) is 0 Å². The van der Waals surface area contributed by atoms with Crippen molar-refractivity contribution in [1.82, 2.24) is 9.78 Å². The normalized spacial score (nSPS) is 20.2. The Balaban J connectivity index is 1.43. The minimum atomic E-state index is 0.175. The molecule has 1 atom stereocenters. The van der Waals surface area contributed by atoms with Gasteiger partial charge in [0.1, 0.15) is 11.4 Å². The van der Waals surface area contributed by atoms with Crippen molar-refractivity contribution in [2.75, 3.05) is 36.1 Å². The number of hydrogen-bond acceptors (Lipinski definition) is 5. The largest absolute Gasteiger partial charge is 0.455 e. The topological polar surface area (TPSA) is 59.8 Å². The zero-order valence-electron chi connectivity index (χ0n) is 19.5. The Kier molecular flexibility index (Phi) is 5.49. The summed E-state index contributed by atoms with van der Waals surface area (Å²) in [5.41, 5.74) is 4.02. The highest BCUT2D eigenvalue weighted by Crippen LogP contribution is 2.44. The van der Waals surface area contributed by atoms with Crippen molar-refractivity contribution in [3.05, 3.63) is 60.4 Å². The third-order valence-electron chi connectivity index (χ3n) is 7.05. The third kappa shape index (κ3) is 3.94. The highest BCUT2D eigenvalue weighted by atomic mass is 16.5. The summed E-state index contributed by atoms with van der Waals surface area (Å²) in [5, 5.41) is 4.69. The first-order valence-corrected chi connectivity index (χ1v) is 12.3. The molecule has 0 bridgehead atoms. The molecule has 3 aromatic rings. The van der Waals surface area contributed by atoms with Crippen LogP contribution in [0.15, 0.2) is 54.9 Å². The highest BCUT2D eigenvalue weighted by Gasteiger charge is 2.39. The fourth-order valence-corrected chi connectivity index (χ4v) is 4.99. The van der Waals surface area contributed by atoms with Gasteiger partial charge in [-0.3, -0.25) is 4.79 Å². The highest BCUT2D eigenvalue weighted by molar-refractivity contribution is 5.98. The molecule has 2 aromatic carbocycles. The number of carbonyl (C=O) groups is 1. The van der Waals surface area contributed by atoms with Crippen LogP contribution in [0.1, 0.15) is 31.7 Å². The van der Waals surface area contributed by atoms with E-state index in [1.807, 2.05) is 52.2 Å². The van der Waals surface area contributed by atoms with Crippen LogP contribution in [0.25, 0.3) is 5.69 Å². The smallest absolute Gasteiger partial charge is 0.230 e. The lowest BCUT2D eigenvalue weighted by Gasteiger charge is -2.36. The molecule has 0 spiro atoms. The minimum absolute atomic E-state index is 0.175. The average molecular weight is 459 g/mol. The molecule has 1 amide bonds. The van der Waals surface area contributed by atoms with E-state index in [1.54, 1.807) is 0 Å². The summed E-state index contributed by atoms with van der Waals surface area (Å²) in [5.74, 6) is 1.98. The van der Waals surface area contributed by atoms with Gasteiger partial charge in [-0.05, 0) is 56.9 Å². The Hall–Kier alpha value is -3.32. The lowest BCUT2D eigenvalue weighted by molar-refractivity contribution is -0.120. The standard InChI is InChI=1S/C27H30N4O3/c1-19-7-10-23-24(31(19)27(32)20-8-9-20)11-12-25(26(23)34-22-5-3-2-4-6-22)30-18-21(17-28-30)29-13-15-33-16-14-29/h2-6,11-12,17-20H,7-10,13-16H2,1H3. The molecule has 0 radical (unpaired) electrons. The Labute approximate surface area is 199 Å². The molecular formula is C27H30N4O3. The second-order valence-electron chi connectivity index (χ2n) is 9.44. The summed E-state index contributed by atoms with van der Waals surface area (Å²) in [4.78, 5) is 17.5. The van der Waals surface area contributed by atoms with Crippen LogP contribution in [-0.4, -0.2) is 48.0 Å². The number of fused-ring (bicyclic) bond motifs is 1. The van der Waals surface area contributed by atoms with E-state index in [2.05, 4.69) is 24.1 Å². The van der Waals surface area contributed by atoms with Gasteiger partial charge in [0, 0.05) is 30.6 Å². The monoisotopic (exact) mass is 458 g/mol. The molecule has 1 aliphatic carbocycles. The predicted octanol–water partition coefficient (Wildman–Crippen LogP) is 4.58. The maximum absolute atomic E-state index is 13.2. The molecule has 3 heterocycles. The van der Waals surface area contributed by atoms with E-state index in [-0.39, 0.29) is 17.9 Å². The summed E-state index contributed by atoms with van der Waals surface area (Å²) < 4.78 is 13.9. The number of rotatable bonds is 5. The number of anilines is 2. The predicted molar refractivity (Wildman–Crippen MR) is 131 cm³/mol. The van der Waals surface area contributed by atoms with Crippen molar-refractivity contribution in [3.63, 3.8) is 0 Å². The lowest BCUT2D eigenvalue weighted by atomic mass is 9.94. The number of benzene rings is 2. The maximum atomic E-state index is 13.2. The third-order valence-corrected chi connectivity index (χ3v) is 7.05. The first-order valence-electron chi connectivity index (χ1n) is 12.3. The maximum Gasteiger partial charge on any atom is 0.230 e. The number of hydrogen-bond donors (Lipinski definition) is 0. The lowest BCUT2D eigenvalue weighted by Crippen LogP contribution is -2.43. The minimum Gasteiger partial charge on any atom is -0.455 e. The van der Waals surface area contributed by atoms with Gasteiger partial charge in [-0.15, -0.1) is 0 Å². The van der Waals surface area contributed by atoms with Gasteiger partial charge in [0.05, 0.1) is 37.0 Å². The second-order valence-corrected chi connectivity index (χ2v) is 9.44. The summed E-state index contributed by atoms with van der Waals surface area (Å²) >= 11 is 0. The fourth-order valence-electron chi connectivity index (χ4n) is 4.99. The van der Waals surface area contributed by atoms with Crippen LogP contribution >= 0.6 is 0 Å². The van der Waals surface area contributed by atoms with E-state index in [0.29, 0.717) is 0 Å². The average Bonchev–Trinajstić information content (AvgIpc) is 3.61. The number of amides is 1. The number of para-hydroxylation sites is 1. The number of nitrogens with zero attached hydrogens (tertiary/aromatic N) is 4. The first kappa shape index (κ1) is 21.2. The molecule has 7 nitrogen and oxygen atoms in total. The Morgan fingerprint density at radius 1 is 1.03 bits per heavy atom. The molecule has 2 aliphatic heterocycles. The Morgan fingerprint density at radius 3 is 2.56 bits per heavy atom. The van der Waals surface area contributed by atoms with Gasteiger partial charge in [-0.25, -0.2) is 4.68 Å². The van der Waals surface area contributed by atoms with Gasteiger partial charge in [-0.1, -0.05) is 18.2 Å². The molecule has 0 N–H and O–H groups in total.